The first-order valence-corrected chi connectivity index (χ1v) is 7.98. The van der Waals surface area contributed by atoms with Gasteiger partial charge in [-0.2, -0.15) is 5.10 Å². The number of rotatable bonds is 2. The molecule has 2 aliphatic rings. The van der Waals surface area contributed by atoms with Gasteiger partial charge in [0.25, 0.3) is 5.91 Å². The molecule has 2 fully saturated rings. The van der Waals surface area contributed by atoms with Gasteiger partial charge >= 0.3 is 0 Å². The summed E-state index contributed by atoms with van der Waals surface area (Å²) < 4.78 is 2.01. The minimum absolute atomic E-state index is 0.111. The topological polar surface area (TPSA) is 38.1 Å². The van der Waals surface area contributed by atoms with E-state index in [4.69, 9.17) is 0 Å². The van der Waals surface area contributed by atoms with Gasteiger partial charge in [-0.15, -0.1) is 0 Å². The summed E-state index contributed by atoms with van der Waals surface area (Å²) in [5, 5.41) is 4.54. The number of amides is 1. The molecule has 20 heavy (non-hydrogen) atoms. The quantitative estimate of drug-likeness (QED) is 0.831. The Hall–Kier alpha value is -1.32. The molecule has 1 aromatic rings. The Balaban J connectivity index is 1.70. The number of likely N-dealkylation sites (tertiary alicyclic amines) is 1. The van der Waals surface area contributed by atoms with Crippen molar-refractivity contribution < 1.29 is 4.79 Å². The van der Waals surface area contributed by atoms with Gasteiger partial charge in [0.1, 0.15) is 5.69 Å². The fourth-order valence-corrected chi connectivity index (χ4v) is 3.82. The predicted molar refractivity (Wildman–Crippen MR) is 78.6 cm³/mol. The van der Waals surface area contributed by atoms with Crippen molar-refractivity contribution in [2.45, 2.75) is 52.0 Å². The maximum atomic E-state index is 12.6. The van der Waals surface area contributed by atoms with Gasteiger partial charge < -0.3 is 4.90 Å². The van der Waals surface area contributed by atoms with E-state index in [-0.39, 0.29) is 5.91 Å². The van der Waals surface area contributed by atoms with Crippen molar-refractivity contribution in [1.82, 2.24) is 14.7 Å². The van der Waals surface area contributed by atoms with Crippen LogP contribution in [0.15, 0.2) is 12.3 Å². The van der Waals surface area contributed by atoms with E-state index in [2.05, 4.69) is 18.9 Å². The second kappa shape index (κ2) is 5.58. The lowest BCUT2D eigenvalue weighted by atomic mass is 9.92. The maximum Gasteiger partial charge on any atom is 0.274 e. The van der Waals surface area contributed by atoms with Gasteiger partial charge in [0, 0.05) is 19.3 Å². The summed E-state index contributed by atoms with van der Waals surface area (Å²) in [6.45, 7) is 6.21. The highest BCUT2D eigenvalue weighted by Crippen LogP contribution is 2.29. The standard InChI is InChI=1S/C16H25N3O/c1-12-9-13(2)11-18(10-12)16(20)15-7-8-19(17-15)14-5-3-4-6-14/h7-8,12-14H,3-6,9-11H2,1-2H3. The molecule has 1 amide bonds. The van der Waals surface area contributed by atoms with Gasteiger partial charge in [0.2, 0.25) is 0 Å². The molecule has 0 bridgehead atoms. The van der Waals surface area contributed by atoms with Crippen molar-refractivity contribution >= 4 is 5.91 Å². The molecule has 1 saturated carbocycles. The third-order valence-corrected chi connectivity index (χ3v) is 4.68. The van der Waals surface area contributed by atoms with Crippen molar-refractivity contribution in [3.8, 4) is 0 Å². The van der Waals surface area contributed by atoms with Crippen molar-refractivity contribution in [3.05, 3.63) is 18.0 Å². The van der Waals surface area contributed by atoms with Crippen LogP contribution in [0.4, 0.5) is 0 Å². The molecule has 3 rings (SSSR count). The molecule has 2 heterocycles. The van der Waals surface area contributed by atoms with E-state index in [0.717, 1.165) is 13.1 Å². The molecule has 0 aromatic carbocycles. The lowest BCUT2D eigenvalue weighted by Gasteiger charge is -2.34. The average molecular weight is 275 g/mol. The maximum absolute atomic E-state index is 12.6. The second-order valence-corrected chi connectivity index (χ2v) is 6.78. The first-order chi connectivity index (χ1) is 9.63. The lowest BCUT2D eigenvalue weighted by Crippen LogP contribution is -2.42. The largest absolute Gasteiger partial charge is 0.337 e. The summed E-state index contributed by atoms with van der Waals surface area (Å²) in [4.78, 5) is 14.6. The smallest absolute Gasteiger partial charge is 0.274 e. The average Bonchev–Trinajstić information content (AvgIpc) is 3.07. The first kappa shape index (κ1) is 13.7. The van der Waals surface area contributed by atoms with Crippen molar-refractivity contribution in [3.63, 3.8) is 0 Å². The number of hydrogen-bond acceptors (Lipinski definition) is 2. The normalized spacial score (nSPS) is 28.0. The van der Waals surface area contributed by atoms with E-state index in [1.807, 2.05) is 21.8 Å². The van der Waals surface area contributed by atoms with Gasteiger partial charge in [-0.3, -0.25) is 9.48 Å². The lowest BCUT2D eigenvalue weighted by molar-refractivity contribution is 0.0616. The molecule has 2 unspecified atom stereocenters. The molecule has 110 valence electrons. The molecule has 1 aliphatic heterocycles. The molecule has 4 nitrogen and oxygen atoms in total. The van der Waals surface area contributed by atoms with E-state index in [1.165, 1.54) is 32.1 Å². The van der Waals surface area contributed by atoms with Crippen LogP contribution in [0.25, 0.3) is 0 Å². The molecular weight excluding hydrogens is 250 g/mol. The summed E-state index contributed by atoms with van der Waals surface area (Å²) in [5.74, 6) is 1.30. The number of carbonyl (C=O) groups is 1. The Morgan fingerprint density at radius 3 is 2.50 bits per heavy atom. The number of hydrogen-bond donors (Lipinski definition) is 0. The van der Waals surface area contributed by atoms with Crippen LogP contribution in [0.1, 0.15) is 62.5 Å². The SMILES string of the molecule is CC1CC(C)CN(C(=O)c2ccn(C3CCCC3)n2)C1. The van der Waals surface area contributed by atoms with Crippen LogP contribution in [0.3, 0.4) is 0 Å². The minimum atomic E-state index is 0.111. The fourth-order valence-electron chi connectivity index (χ4n) is 3.82. The number of nitrogens with zero attached hydrogens (tertiary/aromatic N) is 3. The Morgan fingerprint density at radius 1 is 1.20 bits per heavy atom. The first-order valence-electron chi connectivity index (χ1n) is 7.98. The van der Waals surface area contributed by atoms with Gasteiger partial charge in [-0.1, -0.05) is 26.7 Å². The van der Waals surface area contributed by atoms with E-state index in [1.54, 1.807) is 0 Å². The molecule has 0 radical (unpaired) electrons. The summed E-state index contributed by atoms with van der Waals surface area (Å²) in [5.41, 5.74) is 0.623. The van der Waals surface area contributed by atoms with Gasteiger partial charge in [0.05, 0.1) is 6.04 Å². The van der Waals surface area contributed by atoms with Crippen LogP contribution in [-0.4, -0.2) is 33.7 Å². The van der Waals surface area contributed by atoms with Gasteiger partial charge in [0.15, 0.2) is 0 Å². The zero-order chi connectivity index (χ0) is 14.1. The highest BCUT2D eigenvalue weighted by atomic mass is 16.2. The van der Waals surface area contributed by atoms with E-state index < -0.39 is 0 Å². The van der Waals surface area contributed by atoms with Crippen molar-refractivity contribution in [1.29, 1.82) is 0 Å². The predicted octanol–water partition coefficient (Wildman–Crippen LogP) is 3.12. The third-order valence-electron chi connectivity index (χ3n) is 4.68. The van der Waals surface area contributed by atoms with Crippen LogP contribution < -0.4 is 0 Å². The van der Waals surface area contributed by atoms with E-state index in [9.17, 15) is 4.79 Å². The second-order valence-electron chi connectivity index (χ2n) is 6.78. The molecule has 1 aliphatic carbocycles. The van der Waals surface area contributed by atoms with Crippen LogP contribution in [0.2, 0.25) is 0 Å². The van der Waals surface area contributed by atoms with Gasteiger partial charge in [-0.25, -0.2) is 0 Å². The molecule has 2 atom stereocenters. The summed E-state index contributed by atoms with van der Waals surface area (Å²) in [6, 6.07) is 2.40. The molecule has 0 spiro atoms. The van der Waals surface area contributed by atoms with E-state index in [0.29, 0.717) is 23.6 Å². The molecular formula is C16H25N3O. The van der Waals surface area contributed by atoms with Crippen LogP contribution in [0.5, 0.6) is 0 Å². The number of aromatic nitrogens is 2. The highest BCUT2D eigenvalue weighted by Gasteiger charge is 2.28. The summed E-state index contributed by atoms with van der Waals surface area (Å²) in [7, 11) is 0. The van der Waals surface area contributed by atoms with Crippen molar-refractivity contribution in [2.24, 2.45) is 11.8 Å². The van der Waals surface area contributed by atoms with Crippen LogP contribution in [0, 0.1) is 11.8 Å². The van der Waals surface area contributed by atoms with Crippen LogP contribution in [-0.2, 0) is 0 Å². The highest BCUT2D eigenvalue weighted by molar-refractivity contribution is 5.92. The fraction of sp³-hybridized carbons (Fsp3) is 0.750. The van der Waals surface area contributed by atoms with Crippen LogP contribution >= 0.6 is 0 Å². The zero-order valence-electron chi connectivity index (χ0n) is 12.6. The Labute approximate surface area is 121 Å². The number of piperidine rings is 1. The number of carbonyl (C=O) groups excluding carboxylic acids is 1. The zero-order valence-corrected chi connectivity index (χ0v) is 12.6. The molecule has 1 aromatic heterocycles. The monoisotopic (exact) mass is 275 g/mol. The van der Waals surface area contributed by atoms with E-state index >= 15 is 0 Å². The molecule has 1 saturated heterocycles. The summed E-state index contributed by atoms with van der Waals surface area (Å²) in [6.07, 6.45) is 8.18. The molecule has 4 heteroatoms. The summed E-state index contributed by atoms with van der Waals surface area (Å²) >= 11 is 0. The van der Waals surface area contributed by atoms with Crippen molar-refractivity contribution in [2.75, 3.05) is 13.1 Å². The Bertz CT molecular complexity index is 466. The minimum Gasteiger partial charge on any atom is -0.337 e. The third kappa shape index (κ3) is 2.74. The Morgan fingerprint density at radius 2 is 1.85 bits per heavy atom. The van der Waals surface area contributed by atoms with Gasteiger partial charge in [-0.05, 0) is 37.2 Å². The Kier molecular flexibility index (Phi) is 3.81. The molecule has 0 N–H and O–H groups in total.